The Bertz CT molecular complexity index is 515. The van der Waals surface area contributed by atoms with E-state index in [4.69, 9.17) is 9.47 Å². The Morgan fingerprint density at radius 3 is 2.38 bits per heavy atom. The molecular weight excluding hydrogens is 304 g/mol. The van der Waals surface area contributed by atoms with Gasteiger partial charge in [-0.25, -0.2) is 5.43 Å². The number of hydrogen-bond acceptors (Lipinski definition) is 4. The van der Waals surface area contributed by atoms with Gasteiger partial charge in [0, 0.05) is 6.42 Å². The number of nitrogens with zero attached hydrogens (tertiary/aromatic N) is 1. The number of benzene rings is 1. The molecule has 0 aliphatic heterocycles. The number of carbonyl (C=O) groups is 1. The molecular formula is C19H30N2O3. The topological polar surface area (TPSA) is 59.9 Å². The van der Waals surface area contributed by atoms with Crippen LogP contribution in [-0.2, 0) is 4.79 Å². The Morgan fingerprint density at radius 2 is 1.71 bits per heavy atom. The SMILES string of the molecule is CCCCCCCCCC(=O)N/N=C/c1ccc(OC)c(OC)c1. The monoisotopic (exact) mass is 334 g/mol. The molecule has 24 heavy (non-hydrogen) atoms. The molecule has 0 aliphatic carbocycles. The zero-order valence-corrected chi connectivity index (χ0v) is 15.1. The summed E-state index contributed by atoms with van der Waals surface area (Å²) in [6.07, 6.45) is 10.5. The van der Waals surface area contributed by atoms with Gasteiger partial charge in [-0.15, -0.1) is 0 Å². The van der Waals surface area contributed by atoms with E-state index in [1.54, 1.807) is 26.5 Å². The Labute approximate surface area is 145 Å². The van der Waals surface area contributed by atoms with Gasteiger partial charge >= 0.3 is 0 Å². The maximum atomic E-state index is 11.7. The molecule has 0 heterocycles. The van der Waals surface area contributed by atoms with Gasteiger partial charge in [0.25, 0.3) is 0 Å². The van der Waals surface area contributed by atoms with Crippen molar-refractivity contribution in [2.24, 2.45) is 5.10 Å². The van der Waals surface area contributed by atoms with Crippen molar-refractivity contribution < 1.29 is 14.3 Å². The summed E-state index contributed by atoms with van der Waals surface area (Å²) in [6, 6.07) is 5.47. The van der Waals surface area contributed by atoms with Gasteiger partial charge in [-0.1, -0.05) is 45.4 Å². The zero-order valence-electron chi connectivity index (χ0n) is 15.1. The Morgan fingerprint density at radius 1 is 1.04 bits per heavy atom. The lowest BCUT2D eigenvalue weighted by atomic mass is 10.1. The molecule has 0 saturated heterocycles. The van der Waals surface area contributed by atoms with Crippen LogP contribution in [0.2, 0.25) is 0 Å². The van der Waals surface area contributed by atoms with Crippen LogP contribution in [0.25, 0.3) is 0 Å². The quantitative estimate of drug-likeness (QED) is 0.352. The van der Waals surface area contributed by atoms with Gasteiger partial charge in [0.2, 0.25) is 5.91 Å². The third-order valence-corrected chi connectivity index (χ3v) is 3.82. The molecule has 1 N–H and O–H groups in total. The summed E-state index contributed by atoms with van der Waals surface area (Å²) in [5, 5.41) is 3.99. The summed E-state index contributed by atoms with van der Waals surface area (Å²) < 4.78 is 10.4. The molecule has 5 nitrogen and oxygen atoms in total. The van der Waals surface area contributed by atoms with Gasteiger partial charge in [0.1, 0.15) is 0 Å². The van der Waals surface area contributed by atoms with Crippen LogP contribution in [0.1, 0.15) is 63.9 Å². The zero-order chi connectivity index (χ0) is 17.6. The van der Waals surface area contributed by atoms with Gasteiger partial charge in [0.05, 0.1) is 20.4 Å². The smallest absolute Gasteiger partial charge is 0.240 e. The molecule has 0 unspecified atom stereocenters. The normalized spacial score (nSPS) is 10.8. The van der Waals surface area contributed by atoms with Gasteiger partial charge in [-0.2, -0.15) is 5.10 Å². The van der Waals surface area contributed by atoms with Crippen molar-refractivity contribution in [1.82, 2.24) is 5.43 Å². The fourth-order valence-electron chi connectivity index (χ4n) is 2.41. The van der Waals surface area contributed by atoms with E-state index < -0.39 is 0 Å². The predicted octanol–water partition coefficient (Wildman–Crippen LogP) is 4.29. The van der Waals surface area contributed by atoms with Crippen molar-refractivity contribution in [3.05, 3.63) is 23.8 Å². The lowest BCUT2D eigenvalue weighted by Crippen LogP contribution is -2.16. The summed E-state index contributed by atoms with van der Waals surface area (Å²) >= 11 is 0. The number of amides is 1. The van der Waals surface area contributed by atoms with Gasteiger partial charge in [-0.3, -0.25) is 4.79 Å². The van der Waals surface area contributed by atoms with E-state index >= 15 is 0 Å². The molecule has 0 fully saturated rings. The second-order valence-electron chi connectivity index (χ2n) is 5.78. The first-order chi connectivity index (χ1) is 11.7. The number of methoxy groups -OCH3 is 2. The number of hydrogen-bond donors (Lipinski definition) is 1. The summed E-state index contributed by atoms with van der Waals surface area (Å²) in [7, 11) is 3.18. The second kappa shape index (κ2) is 12.4. The highest BCUT2D eigenvalue weighted by molar-refractivity contribution is 5.83. The lowest BCUT2D eigenvalue weighted by molar-refractivity contribution is -0.121. The average Bonchev–Trinajstić information content (AvgIpc) is 2.60. The summed E-state index contributed by atoms with van der Waals surface area (Å²) in [5.41, 5.74) is 3.40. The van der Waals surface area contributed by atoms with Gasteiger partial charge in [0.15, 0.2) is 11.5 Å². The number of rotatable bonds is 12. The molecule has 0 aromatic heterocycles. The largest absolute Gasteiger partial charge is 0.493 e. The van der Waals surface area contributed by atoms with Crippen LogP contribution >= 0.6 is 0 Å². The van der Waals surface area contributed by atoms with Crippen molar-refractivity contribution in [2.45, 2.75) is 58.3 Å². The lowest BCUT2D eigenvalue weighted by Gasteiger charge is -2.07. The number of nitrogens with one attached hydrogen (secondary N) is 1. The number of unbranched alkanes of at least 4 members (excludes halogenated alkanes) is 6. The minimum absolute atomic E-state index is 0.0414. The number of carbonyl (C=O) groups excluding carboxylic acids is 1. The molecule has 0 radical (unpaired) electrons. The third kappa shape index (κ3) is 7.99. The van der Waals surface area contributed by atoms with Crippen LogP contribution in [0.4, 0.5) is 0 Å². The van der Waals surface area contributed by atoms with Crippen molar-refractivity contribution in [1.29, 1.82) is 0 Å². The Kier molecular flexibility index (Phi) is 10.3. The van der Waals surface area contributed by atoms with E-state index in [-0.39, 0.29) is 5.91 Å². The maximum absolute atomic E-state index is 11.7. The summed E-state index contributed by atoms with van der Waals surface area (Å²) in [4.78, 5) is 11.7. The van der Waals surface area contributed by atoms with E-state index in [0.29, 0.717) is 17.9 Å². The van der Waals surface area contributed by atoms with E-state index in [2.05, 4.69) is 17.5 Å². The molecule has 0 saturated carbocycles. The summed E-state index contributed by atoms with van der Waals surface area (Å²) in [5.74, 6) is 1.26. The highest BCUT2D eigenvalue weighted by Gasteiger charge is 2.03. The van der Waals surface area contributed by atoms with Crippen molar-refractivity contribution in [3.8, 4) is 11.5 Å². The molecule has 134 valence electrons. The fraction of sp³-hybridized carbons (Fsp3) is 0.579. The average molecular weight is 334 g/mol. The van der Waals surface area contributed by atoms with Crippen LogP contribution in [0.5, 0.6) is 11.5 Å². The minimum Gasteiger partial charge on any atom is -0.493 e. The minimum atomic E-state index is -0.0414. The molecule has 1 aromatic carbocycles. The first-order valence-electron chi connectivity index (χ1n) is 8.75. The third-order valence-electron chi connectivity index (χ3n) is 3.82. The molecule has 0 spiro atoms. The summed E-state index contributed by atoms with van der Waals surface area (Å²) in [6.45, 7) is 2.22. The van der Waals surface area contributed by atoms with Gasteiger partial charge in [-0.05, 0) is 30.2 Å². The highest BCUT2D eigenvalue weighted by Crippen LogP contribution is 2.26. The molecule has 0 bridgehead atoms. The van der Waals surface area contributed by atoms with Crippen LogP contribution in [-0.4, -0.2) is 26.3 Å². The van der Waals surface area contributed by atoms with Crippen LogP contribution < -0.4 is 14.9 Å². The van der Waals surface area contributed by atoms with E-state index in [1.807, 2.05) is 12.1 Å². The molecule has 1 amide bonds. The first-order valence-corrected chi connectivity index (χ1v) is 8.75. The van der Waals surface area contributed by atoms with E-state index in [9.17, 15) is 4.79 Å². The van der Waals surface area contributed by atoms with Crippen molar-refractivity contribution in [2.75, 3.05) is 14.2 Å². The molecule has 0 aliphatic rings. The van der Waals surface area contributed by atoms with Crippen molar-refractivity contribution >= 4 is 12.1 Å². The number of hydrazone groups is 1. The molecule has 5 heteroatoms. The van der Waals surface area contributed by atoms with Gasteiger partial charge < -0.3 is 9.47 Å². The number of ether oxygens (including phenoxy) is 2. The molecule has 1 aromatic rings. The molecule has 0 atom stereocenters. The Hall–Kier alpha value is -2.04. The van der Waals surface area contributed by atoms with Crippen LogP contribution in [0.3, 0.4) is 0 Å². The molecule has 1 rings (SSSR count). The van der Waals surface area contributed by atoms with E-state index in [0.717, 1.165) is 18.4 Å². The standard InChI is InChI=1S/C19H30N2O3/c1-4-5-6-7-8-9-10-11-19(22)21-20-15-16-12-13-17(23-2)18(14-16)24-3/h12-15H,4-11H2,1-3H3,(H,21,22)/b20-15+. The Balaban J connectivity index is 2.25. The predicted molar refractivity (Wildman–Crippen MR) is 97.9 cm³/mol. The highest BCUT2D eigenvalue weighted by atomic mass is 16.5. The van der Waals surface area contributed by atoms with Crippen LogP contribution in [0, 0.1) is 0 Å². The maximum Gasteiger partial charge on any atom is 0.240 e. The fourth-order valence-corrected chi connectivity index (χ4v) is 2.41. The second-order valence-corrected chi connectivity index (χ2v) is 5.78. The van der Waals surface area contributed by atoms with Crippen LogP contribution in [0.15, 0.2) is 23.3 Å². The first kappa shape index (κ1) is 20.0. The van der Waals surface area contributed by atoms with Crippen molar-refractivity contribution in [3.63, 3.8) is 0 Å². The van der Waals surface area contributed by atoms with E-state index in [1.165, 1.54) is 32.1 Å².